The molecule has 0 spiro atoms. The molecule has 1 amide bonds. The molecule has 2 bridgehead atoms. The third kappa shape index (κ3) is 3.01. The number of carbonyl (C=O) groups excluding carboxylic acids is 1. The maximum atomic E-state index is 13.4. The van der Waals surface area contributed by atoms with Crippen LogP contribution in [-0.2, 0) is 12.7 Å². The summed E-state index contributed by atoms with van der Waals surface area (Å²) in [5.41, 5.74) is 1.28. The number of alkyl halides is 3. The predicted octanol–water partition coefficient (Wildman–Crippen LogP) is 4.82. The molecular formula is C19H15ClF3N5OS. The van der Waals surface area contributed by atoms with Gasteiger partial charge in [-0.25, -0.2) is 4.98 Å². The molecule has 1 aromatic carbocycles. The molecule has 1 saturated heterocycles. The second-order valence-corrected chi connectivity index (χ2v) is 8.44. The average Bonchev–Trinajstić information content (AvgIpc) is 3.35. The zero-order valence-electron chi connectivity index (χ0n) is 15.4. The lowest BCUT2D eigenvalue weighted by Crippen LogP contribution is -2.52. The summed E-state index contributed by atoms with van der Waals surface area (Å²) in [5, 5.41) is 9.90. The fourth-order valence-electron chi connectivity index (χ4n) is 4.34. The van der Waals surface area contributed by atoms with Gasteiger partial charge in [-0.1, -0.05) is 17.7 Å². The fraction of sp³-hybridized carbons (Fsp3) is 0.368. The smallest absolute Gasteiger partial charge is 0.324 e. The molecule has 0 saturated carbocycles. The van der Waals surface area contributed by atoms with Gasteiger partial charge in [-0.3, -0.25) is 4.79 Å². The SMILES string of the molecule is O=C(c1cccc(C(F)(F)F)c1Cl)N1C2CCCC1c1nnc(-c3cscn3)n1C2. The minimum absolute atomic E-state index is 0.143. The highest BCUT2D eigenvalue weighted by molar-refractivity contribution is 7.07. The second kappa shape index (κ2) is 7.05. The van der Waals surface area contributed by atoms with E-state index in [0.717, 1.165) is 24.6 Å². The van der Waals surface area contributed by atoms with Crippen LogP contribution in [0.1, 0.15) is 47.1 Å². The summed E-state index contributed by atoms with van der Waals surface area (Å²) < 4.78 is 41.8. The zero-order chi connectivity index (χ0) is 21.0. The van der Waals surface area contributed by atoms with Crippen LogP contribution in [0.3, 0.4) is 0 Å². The van der Waals surface area contributed by atoms with Crippen LogP contribution < -0.4 is 0 Å². The predicted molar refractivity (Wildman–Crippen MR) is 104 cm³/mol. The Morgan fingerprint density at radius 3 is 2.80 bits per heavy atom. The van der Waals surface area contributed by atoms with Crippen molar-refractivity contribution in [1.29, 1.82) is 0 Å². The van der Waals surface area contributed by atoms with Crippen molar-refractivity contribution in [2.45, 2.75) is 44.1 Å². The molecule has 2 atom stereocenters. The lowest BCUT2D eigenvalue weighted by atomic mass is 9.90. The van der Waals surface area contributed by atoms with Gasteiger partial charge in [0.2, 0.25) is 0 Å². The van der Waals surface area contributed by atoms with Crippen molar-refractivity contribution in [3.8, 4) is 11.5 Å². The standard InChI is InChI=1S/C19H15ClF3N5OS/c20-15-11(4-2-5-12(15)19(21,22)23)18(29)28-10-3-1-6-14(28)17-26-25-16(27(17)7-10)13-8-30-9-24-13/h2,4-5,8-10,14H,1,3,6-7H2. The third-order valence-electron chi connectivity index (χ3n) is 5.65. The molecule has 2 aliphatic heterocycles. The van der Waals surface area contributed by atoms with E-state index in [-0.39, 0.29) is 17.6 Å². The van der Waals surface area contributed by atoms with Gasteiger partial charge in [-0.15, -0.1) is 21.5 Å². The van der Waals surface area contributed by atoms with Gasteiger partial charge in [0.15, 0.2) is 11.6 Å². The van der Waals surface area contributed by atoms with Crippen LogP contribution in [0.5, 0.6) is 0 Å². The Morgan fingerprint density at radius 2 is 2.07 bits per heavy atom. The molecule has 2 aromatic heterocycles. The Kier molecular flexibility index (Phi) is 4.59. The minimum Gasteiger partial charge on any atom is -0.324 e. The number of hydrogen-bond donors (Lipinski definition) is 0. The molecule has 4 heterocycles. The first-order chi connectivity index (χ1) is 14.4. The molecule has 0 radical (unpaired) electrons. The molecule has 11 heteroatoms. The maximum Gasteiger partial charge on any atom is 0.417 e. The van der Waals surface area contributed by atoms with Crippen molar-refractivity contribution in [1.82, 2.24) is 24.6 Å². The second-order valence-electron chi connectivity index (χ2n) is 7.34. The molecule has 3 aromatic rings. The quantitative estimate of drug-likeness (QED) is 0.558. The molecule has 2 unspecified atom stereocenters. The van der Waals surface area contributed by atoms with Gasteiger partial charge in [0.25, 0.3) is 5.91 Å². The van der Waals surface area contributed by atoms with Gasteiger partial charge in [0.05, 0.1) is 33.7 Å². The lowest BCUT2D eigenvalue weighted by Gasteiger charge is -2.45. The fourth-order valence-corrected chi connectivity index (χ4v) is 5.18. The van der Waals surface area contributed by atoms with Crippen LogP contribution in [-0.4, -0.2) is 36.6 Å². The van der Waals surface area contributed by atoms with E-state index in [4.69, 9.17) is 11.6 Å². The number of piperidine rings is 1. The van der Waals surface area contributed by atoms with Crippen LogP contribution in [0.15, 0.2) is 29.1 Å². The Morgan fingerprint density at radius 1 is 1.23 bits per heavy atom. The molecule has 30 heavy (non-hydrogen) atoms. The van der Waals surface area contributed by atoms with E-state index in [9.17, 15) is 18.0 Å². The van der Waals surface area contributed by atoms with Crippen molar-refractivity contribution in [3.63, 3.8) is 0 Å². The monoisotopic (exact) mass is 453 g/mol. The van der Waals surface area contributed by atoms with Crippen LogP contribution in [0, 0.1) is 0 Å². The van der Waals surface area contributed by atoms with E-state index >= 15 is 0 Å². The first-order valence-electron chi connectivity index (χ1n) is 9.36. The van der Waals surface area contributed by atoms with E-state index in [0.29, 0.717) is 24.6 Å². The highest BCUT2D eigenvalue weighted by atomic mass is 35.5. The van der Waals surface area contributed by atoms with Crippen molar-refractivity contribution in [2.75, 3.05) is 0 Å². The zero-order valence-corrected chi connectivity index (χ0v) is 17.0. The van der Waals surface area contributed by atoms with E-state index in [1.165, 1.54) is 23.5 Å². The maximum absolute atomic E-state index is 13.4. The number of aromatic nitrogens is 4. The number of amides is 1. The summed E-state index contributed by atoms with van der Waals surface area (Å²) in [7, 11) is 0. The number of fused-ring (bicyclic) bond motifs is 4. The van der Waals surface area contributed by atoms with Crippen LogP contribution in [0.2, 0.25) is 5.02 Å². The highest BCUT2D eigenvalue weighted by Crippen LogP contribution is 2.42. The Balaban J connectivity index is 1.55. The first-order valence-corrected chi connectivity index (χ1v) is 10.7. The van der Waals surface area contributed by atoms with Crippen LogP contribution in [0.25, 0.3) is 11.5 Å². The van der Waals surface area contributed by atoms with Gasteiger partial charge >= 0.3 is 6.18 Å². The van der Waals surface area contributed by atoms with Gasteiger partial charge in [0.1, 0.15) is 5.69 Å². The first kappa shape index (κ1) is 19.5. The van der Waals surface area contributed by atoms with E-state index in [2.05, 4.69) is 15.2 Å². The topological polar surface area (TPSA) is 63.9 Å². The summed E-state index contributed by atoms with van der Waals surface area (Å²) >= 11 is 7.48. The molecular weight excluding hydrogens is 439 g/mol. The number of nitrogens with zero attached hydrogens (tertiary/aromatic N) is 5. The highest BCUT2D eigenvalue weighted by Gasteiger charge is 2.44. The summed E-state index contributed by atoms with van der Waals surface area (Å²) in [6.45, 7) is 0.466. The number of carbonyl (C=O) groups is 1. The number of benzene rings is 1. The summed E-state index contributed by atoms with van der Waals surface area (Å²) in [4.78, 5) is 19.3. The van der Waals surface area contributed by atoms with Gasteiger partial charge < -0.3 is 9.47 Å². The summed E-state index contributed by atoms with van der Waals surface area (Å²) in [6.07, 6.45) is -2.33. The van der Waals surface area contributed by atoms with Crippen LogP contribution >= 0.6 is 22.9 Å². The molecule has 6 nitrogen and oxygen atoms in total. The van der Waals surface area contributed by atoms with E-state index < -0.39 is 22.7 Å². The van der Waals surface area contributed by atoms with E-state index in [1.54, 1.807) is 10.4 Å². The van der Waals surface area contributed by atoms with E-state index in [1.807, 2.05) is 9.95 Å². The summed E-state index contributed by atoms with van der Waals surface area (Å²) in [5.74, 6) is 0.767. The van der Waals surface area contributed by atoms with Gasteiger partial charge in [0, 0.05) is 11.9 Å². The molecule has 0 N–H and O–H groups in total. The van der Waals surface area contributed by atoms with Crippen molar-refractivity contribution < 1.29 is 18.0 Å². The number of rotatable bonds is 2. The average molecular weight is 454 g/mol. The van der Waals surface area contributed by atoms with Crippen molar-refractivity contribution in [2.24, 2.45) is 0 Å². The van der Waals surface area contributed by atoms with Gasteiger partial charge in [-0.2, -0.15) is 13.2 Å². The lowest BCUT2D eigenvalue weighted by molar-refractivity contribution is -0.137. The molecule has 0 aliphatic carbocycles. The number of thiazole rings is 1. The molecule has 5 rings (SSSR count). The molecule has 1 fully saturated rings. The Hall–Kier alpha value is -2.46. The summed E-state index contributed by atoms with van der Waals surface area (Å²) in [6, 6.07) is 2.89. The van der Waals surface area contributed by atoms with Crippen molar-refractivity contribution in [3.05, 3.63) is 51.1 Å². The Labute approximate surface area is 178 Å². The Bertz CT molecular complexity index is 1110. The molecule has 2 aliphatic rings. The van der Waals surface area contributed by atoms with Crippen LogP contribution in [0.4, 0.5) is 13.2 Å². The largest absolute Gasteiger partial charge is 0.417 e. The number of halogens is 4. The third-order valence-corrected chi connectivity index (χ3v) is 6.64. The molecule has 156 valence electrons. The van der Waals surface area contributed by atoms with Crippen molar-refractivity contribution >= 4 is 28.8 Å². The van der Waals surface area contributed by atoms with Gasteiger partial charge in [-0.05, 0) is 31.4 Å². The normalized spacial score (nSPS) is 20.9. The number of hydrogen-bond acceptors (Lipinski definition) is 5. The minimum atomic E-state index is -4.63.